The maximum Gasteiger partial charge on any atom is 0.0859 e. The minimum absolute atomic E-state index is 0.329. The molecule has 19 heavy (non-hydrogen) atoms. The fourth-order valence-electron chi connectivity index (χ4n) is 2.90. The van der Waals surface area contributed by atoms with Crippen molar-refractivity contribution in [1.29, 1.82) is 0 Å². The Morgan fingerprint density at radius 1 is 0.684 bits per heavy atom. The third-order valence-electron chi connectivity index (χ3n) is 4.21. The number of rotatable bonds is 2. The summed E-state index contributed by atoms with van der Waals surface area (Å²) in [5, 5.41) is 0. The topological polar surface area (TPSA) is 0 Å². The highest BCUT2D eigenvalue weighted by atomic mass is 35.5. The van der Waals surface area contributed by atoms with Crippen LogP contribution in [0.5, 0.6) is 0 Å². The average molecular weight is 355 g/mol. The smallest absolute Gasteiger partial charge is 0.0859 e. The standard InChI is InChI=1S/C14H20Cl2S3/c15-13(7-3-1-4-8-13)11(17)19-12(18)14(16)9-5-2-6-10-14/h1-10H2. The summed E-state index contributed by atoms with van der Waals surface area (Å²) >= 11 is 26.0. The number of halogens is 2. The van der Waals surface area contributed by atoms with E-state index in [-0.39, 0.29) is 9.75 Å². The zero-order chi connectivity index (χ0) is 13.9. The quantitative estimate of drug-likeness (QED) is 0.424. The second-order valence-corrected chi connectivity index (χ2v) is 9.53. The molecule has 108 valence electrons. The molecule has 0 bridgehead atoms. The fraction of sp³-hybridized carbons (Fsp3) is 0.857. The number of thioether (sulfide) groups is 1. The van der Waals surface area contributed by atoms with Crippen LogP contribution in [0.25, 0.3) is 0 Å². The Morgan fingerprint density at radius 2 is 1.00 bits per heavy atom. The van der Waals surface area contributed by atoms with Gasteiger partial charge in [0.25, 0.3) is 0 Å². The Balaban J connectivity index is 1.96. The van der Waals surface area contributed by atoms with Crippen molar-refractivity contribution in [3.8, 4) is 0 Å². The van der Waals surface area contributed by atoms with Gasteiger partial charge in [0, 0.05) is 0 Å². The van der Waals surface area contributed by atoms with Crippen molar-refractivity contribution < 1.29 is 0 Å². The first kappa shape index (κ1) is 16.5. The molecular weight excluding hydrogens is 335 g/mol. The monoisotopic (exact) mass is 354 g/mol. The molecule has 2 fully saturated rings. The van der Waals surface area contributed by atoms with Crippen molar-refractivity contribution in [2.75, 3.05) is 0 Å². The van der Waals surface area contributed by atoms with Crippen LogP contribution in [-0.4, -0.2) is 18.1 Å². The van der Waals surface area contributed by atoms with Crippen molar-refractivity contribution >= 4 is 67.8 Å². The lowest BCUT2D eigenvalue weighted by Gasteiger charge is -2.35. The van der Waals surface area contributed by atoms with E-state index in [0.29, 0.717) is 0 Å². The average Bonchev–Trinajstić information content (AvgIpc) is 2.40. The molecule has 0 radical (unpaired) electrons. The molecule has 0 amide bonds. The molecule has 0 N–H and O–H groups in total. The van der Waals surface area contributed by atoms with Crippen LogP contribution in [0, 0.1) is 0 Å². The minimum Gasteiger partial charge on any atom is -0.113 e. The summed E-state index contributed by atoms with van der Waals surface area (Å²) in [7, 11) is 0. The molecule has 0 aromatic heterocycles. The predicted molar refractivity (Wildman–Crippen MR) is 96.1 cm³/mol. The van der Waals surface area contributed by atoms with Gasteiger partial charge in [0.15, 0.2) is 0 Å². The van der Waals surface area contributed by atoms with Crippen LogP contribution in [0.2, 0.25) is 0 Å². The molecule has 2 rings (SSSR count). The van der Waals surface area contributed by atoms with Crippen LogP contribution in [0.1, 0.15) is 64.2 Å². The zero-order valence-corrected chi connectivity index (χ0v) is 15.0. The van der Waals surface area contributed by atoms with Gasteiger partial charge >= 0.3 is 0 Å². The van der Waals surface area contributed by atoms with E-state index in [1.54, 1.807) is 0 Å². The lowest BCUT2D eigenvalue weighted by molar-refractivity contribution is 0.468. The van der Waals surface area contributed by atoms with Gasteiger partial charge in [-0.1, -0.05) is 74.7 Å². The first-order valence-electron chi connectivity index (χ1n) is 7.11. The van der Waals surface area contributed by atoms with Crippen molar-refractivity contribution in [3.05, 3.63) is 0 Å². The van der Waals surface area contributed by atoms with Gasteiger partial charge < -0.3 is 0 Å². The maximum atomic E-state index is 6.69. The highest BCUT2D eigenvalue weighted by Crippen LogP contribution is 2.44. The Bertz CT molecular complexity index is 322. The van der Waals surface area contributed by atoms with E-state index in [2.05, 4.69) is 0 Å². The molecule has 2 aliphatic carbocycles. The second-order valence-electron chi connectivity index (χ2n) is 5.73. The van der Waals surface area contributed by atoms with E-state index < -0.39 is 0 Å². The van der Waals surface area contributed by atoms with Crippen molar-refractivity contribution in [1.82, 2.24) is 0 Å². The van der Waals surface area contributed by atoms with Gasteiger partial charge in [0.05, 0.1) is 18.1 Å². The Morgan fingerprint density at radius 3 is 1.32 bits per heavy atom. The summed E-state index contributed by atoms with van der Waals surface area (Å²) in [5.41, 5.74) is 0. The molecule has 0 saturated heterocycles. The van der Waals surface area contributed by atoms with Gasteiger partial charge in [0.2, 0.25) is 0 Å². The van der Waals surface area contributed by atoms with E-state index >= 15 is 0 Å². The third-order valence-corrected chi connectivity index (χ3v) is 8.23. The molecular formula is C14H20Cl2S3. The molecule has 5 heteroatoms. The molecule has 0 heterocycles. The van der Waals surface area contributed by atoms with Crippen molar-refractivity contribution in [2.24, 2.45) is 0 Å². The number of hydrogen-bond donors (Lipinski definition) is 0. The predicted octanol–water partition coefficient (Wildman–Crippen LogP) is 6.26. The van der Waals surface area contributed by atoms with E-state index in [1.807, 2.05) is 0 Å². The van der Waals surface area contributed by atoms with Crippen molar-refractivity contribution in [2.45, 2.75) is 74.0 Å². The van der Waals surface area contributed by atoms with Gasteiger partial charge in [-0.25, -0.2) is 0 Å². The minimum atomic E-state index is -0.329. The summed E-state index contributed by atoms with van der Waals surface area (Å²) in [4.78, 5) is -0.658. The molecule has 0 atom stereocenters. The lowest BCUT2D eigenvalue weighted by atomic mass is 9.89. The summed E-state index contributed by atoms with van der Waals surface area (Å²) in [6.07, 6.45) is 11.2. The first-order valence-corrected chi connectivity index (χ1v) is 9.50. The molecule has 0 aromatic rings. The van der Waals surface area contributed by atoms with Gasteiger partial charge in [-0.2, -0.15) is 0 Å². The summed E-state index contributed by atoms with van der Waals surface area (Å²) in [5.74, 6) is 0. The molecule has 2 saturated carbocycles. The van der Waals surface area contributed by atoms with Gasteiger partial charge in [0.1, 0.15) is 0 Å². The van der Waals surface area contributed by atoms with Crippen LogP contribution < -0.4 is 0 Å². The summed E-state index contributed by atoms with van der Waals surface area (Å²) in [6, 6.07) is 0. The summed E-state index contributed by atoms with van der Waals surface area (Å²) < 4.78 is 1.70. The number of thiocarbonyl (C=S) groups is 2. The highest BCUT2D eigenvalue weighted by molar-refractivity contribution is 8.38. The first-order chi connectivity index (χ1) is 8.96. The molecule has 2 aliphatic rings. The Kier molecular flexibility index (Phi) is 6.00. The van der Waals surface area contributed by atoms with Crippen molar-refractivity contribution in [3.63, 3.8) is 0 Å². The Labute approximate surface area is 141 Å². The molecule has 0 aromatic carbocycles. The van der Waals surface area contributed by atoms with Gasteiger partial charge in [-0.3, -0.25) is 0 Å². The fourth-order valence-corrected chi connectivity index (χ4v) is 5.67. The summed E-state index contributed by atoms with van der Waals surface area (Å²) in [6.45, 7) is 0. The van der Waals surface area contributed by atoms with Crippen LogP contribution in [0.3, 0.4) is 0 Å². The molecule has 0 spiro atoms. The highest BCUT2D eigenvalue weighted by Gasteiger charge is 2.39. The van der Waals surface area contributed by atoms with Crippen LogP contribution in [0.4, 0.5) is 0 Å². The van der Waals surface area contributed by atoms with E-state index in [4.69, 9.17) is 47.6 Å². The zero-order valence-electron chi connectivity index (χ0n) is 11.1. The second kappa shape index (κ2) is 6.91. The maximum absolute atomic E-state index is 6.69. The number of alkyl halides is 2. The van der Waals surface area contributed by atoms with E-state index in [0.717, 1.165) is 34.1 Å². The molecule has 0 aliphatic heterocycles. The van der Waals surface area contributed by atoms with Gasteiger partial charge in [-0.15, -0.1) is 23.2 Å². The lowest BCUT2D eigenvalue weighted by Crippen LogP contribution is -2.36. The van der Waals surface area contributed by atoms with E-state index in [1.165, 1.54) is 50.3 Å². The SMILES string of the molecule is S=C(SC(=S)C1(Cl)CCCCC1)C1(Cl)CCCCC1. The van der Waals surface area contributed by atoms with Crippen LogP contribution in [0.15, 0.2) is 0 Å². The normalized spacial score (nSPS) is 25.8. The molecule has 0 unspecified atom stereocenters. The van der Waals surface area contributed by atoms with Crippen LogP contribution >= 0.6 is 59.4 Å². The van der Waals surface area contributed by atoms with Crippen LogP contribution in [-0.2, 0) is 0 Å². The number of hydrogen-bond acceptors (Lipinski definition) is 3. The molecule has 0 nitrogen and oxygen atoms in total. The third kappa shape index (κ3) is 4.06. The largest absolute Gasteiger partial charge is 0.113 e. The Hall–Kier alpha value is 1.11. The van der Waals surface area contributed by atoms with E-state index in [9.17, 15) is 0 Å². The van der Waals surface area contributed by atoms with Gasteiger partial charge in [-0.05, 0) is 25.7 Å².